The third-order valence-corrected chi connectivity index (χ3v) is 1.69. The van der Waals surface area contributed by atoms with Crippen LogP contribution in [0.3, 0.4) is 0 Å². The smallest absolute Gasteiger partial charge is 0.370 e. The summed E-state index contributed by atoms with van der Waals surface area (Å²) in [5.74, 6) is -1.39. The highest BCUT2D eigenvalue weighted by molar-refractivity contribution is 5.69. The molecule has 0 aromatic heterocycles. The fraction of sp³-hybridized carbons (Fsp3) is 0.818. The predicted molar refractivity (Wildman–Crippen MR) is 65.9 cm³/mol. The van der Waals surface area contributed by atoms with Gasteiger partial charge in [0.25, 0.3) is 0 Å². The molecule has 0 spiro atoms. The van der Waals surface area contributed by atoms with Crippen LogP contribution in [0.15, 0.2) is 0 Å². The van der Waals surface area contributed by atoms with Gasteiger partial charge in [0.05, 0.1) is 27.6 Å². The molecule has 1 atom stereocenters. The monoisotopic (exact) mass is 302 g/mol. The molecule has 0 heterocycles. The number of halogens is 3. The Labute approximate surface area is 115 Å². The zero-order valence-electron chi connectivity index (χ0n) is 12.0. The van der Waals surface area contributed by atoms with Crippen LogP contribution in [0.25, 0.3) is 5.73 Å². The number of carbonyl (C=O) groups is 2. The quantitative estimate of drug-likeness (QED) is 0.618. The van der Waals surface area contributed by atoms with E-state index >= 15 is 0 Å². The summed E-state index contributed by atoms with van der Waals surface area (Å²) >= 11 is 0. The Kier molecular flexibility index (Phi) is 9.17. The second-order valence-corrected chi connectivity index (χ2v) is 5.09. The standard InChI is InChI=1S/C9H17NO4.C2H3F3N/c1-7(11)14-8(5-9(12)13)6-10(2,3)4;3-2(4,5)1-6/h8H,5-6H2,1-4H3;6H,1H2/q;-1/p+1. The summed E-state index contributed by atoms with van der Waals surface area (Å²) in [6.45, 7) is 0.295. The SMILES string of the molecule is CC(=O)OC(CC(=O)O)C[N+](C)(C)C.[NH-]CC(F)(F)F. The van der Waals surface area contributed by atoms with Gasteiger partial charge in [0.1, 0.15) is 6.54 Å². The van der Waals surface area contributed by atoms with Crippen LogP contribution in [0.4, 0.5) is 13.2 Å². The average molecular weight is 302 g/mol. The van der Waals surface area contributed by atoms with Gasteiger partial charge in [0, 0.05) is 6.92 Å². The van der Waals surface area contributed by atoms with Crippen LogP contribution in [-0.4, -0.2) is 68.0 Å². The van der Waals surface area contributed by atoms with E-state index in [0.717, 1.165) is 0 Å². The summed E-state index contributed by atoms with van der Waals surface area (Å²) in [5, 5.41) is 8.60. The Hall–Kier alpha value is -1.35. The number of carboxylic acid groups (broad SMARTS) is 1. The van der Waals surface area contributed by atoms with Crippen molar-refractivity contribution in [2.75, 3.05) is 34.2 Å². The molecule has 120 valence electrons. The van der Waals surface area contributed by atoms with Crippen molar-refractivity contribution < 1.29 is 37.1 Å². The van der Waals surface area contributed by atoms with E-state index in [0.29, 0.717) is 11.0 Å². The Morgan fingerprint density at radius 1 is 1.30 bits per heavy atom. The lowest BCUT2D eigenvalue weighted by Gasteiger charge is -2.28. The van der Waals surface area contributed by atoms with Gasteiger partial charge in [-0.2, -0.15) is 13.2 Å². The minimum atomic E-state index is -4.29. The van der Waals surface area contributed by atoms with Crippen molar-refractivity contribution >= 4 is 11.9 Å². The molecule has 0 rings (SSSR count). The van der Waals surface area contributed by atoms with E-state index in [1.54, 1.807) is 0 Å². The molecule has 6 nitrogen and oxygen atoms in total. The van der Waals surface area contributed by atoms with Crippen molar-refractivity contribution in [2.24, 2.45) is 0 Å². The number of likely N-dealkylation sites (N-methyl/N-ethyl adjacent to an activating group) is 1. The number of rotatable bonds is 5. The first kappa shape index (κ1) is 21.0. The maximum atomic E-state index is 10.7. The number of hydrogen-bond acceptors (Lipinski definition) is 3. The highest BCUT2D eigenvalue weighted by atomic mass is 19.4. The highest BCUT2D eigenvalue weighted by Gasteiger charge is 2.23. The third kappa shape index (κ3) is 19.0. The van der Waals surface area contributed by atoms with Crippen LogP contribution in [0, 0.1) is 0 Å². The van der Waals surface area contributed by atoms with Gasteiger partial charge in [-0.25, -0.2) is 0 Å². The lowest BCUT2D eigenvalue weighted by atomic mass is 10.2. The molecule has 0 aliphatic heterocycles. The van der Waals surface area contributed by atoms with Gasteiger partial charge < -0.3 is 20.1 Å². The average Bonchev–Trinajstić information content (AvgIpc) is 2.12. The first-order valence-electron chi connectivity index (χ1n) is 5.67. The van der Waals surface area contributed by atoms with Gasteiger partial charge in [0.2, 0.25) is 0 Å². The van der Waals surface area contributed by atoms with Crippen LogP contribution >= 0.6 is 0 Å². The Morgan fingerprint density at radius 2 is 1.70 bits per heavy atom. The number of hydrogen-bond donors (Lipinski definition) is 1. The van der Waals surface area contributed by atoms with Gasteiger partial charge in [-0.05, 0) is 0 Å². The molecule has 0 aliphatic carbocycles. The summed E-state index contributed by atoms with van der Waals surface area (Å²) < 4.78 is 37.3. The molecule has 0 saturated carbocycles. The second kappa shape index (κ2) is 8.75. The van der Waals surface area contributed by atoms with Gasteiger partial charge in [-0.15, -0.1) is 0 Å². The molecule has 2 N–H and O–H groups in total. The van der Waals surface area contributed by atoms with Crippen molar-refractivity contribution in [1.82, 2.24) is 0 Å². The van der Waals surface area contributed by atoms with E-state index in [1.165, 1.54) is 6.92 Å². The normalized spacial score (nSPS) is 13.0. The number of quaternary nitrogens is 1. The first-order chi connectivity index (χ1) is 8.76. The maximum absolute atomic E-state index is 10.7. The minimum Gasteiger partial charge on any atom is -0.670 e. The van der Waals surface area contributed by atoms with Crippen molar-refractivity contribution in [3.63, 3.8) is 0 Å². The lowest BCUT2D eigenvalue weighted by molar-refractivity contribution is -0.873. The molecule has 0 bridgehead atoms. The Morgan fingerprint density at radius 3 is 1.90 bits per heavy atom. The number of carboxylic acids is 1. The zero-order chi connectivity index (χ0) is 16.6. The summed E-state index contributed by atoms with van der Waals surface area (Å²) in [4.78, 5) is 21.2. The Balaban J connectivity index is 0. The van der Waals surface area contributed by atoms with Crippen molar-refractivity contribution in [3.8, 4) is 0 Å². The fourth-order valence-electron chi connectivity index (χ4n) is 1.18. The molecular formula is C11H21F3N2O4. The molecule has 0 aromatic carbocycles. The number of esters is 1. The van der Waals surface area contributed by atoms with Gasteiger partial charge >= 0.3 is 18.1 Å². The number of alkyl halides is 3. The van der Waals surface area contributed by atoms with Crippen LogP contribution < -0.4 is 0 Å². The topological polar surface area (TPSA) is 87.4 Å². The molecule has 0 aromatic rings. The number of nitrogens with zero attached hydrogens (tertiary/aromatic N) is 1. The Bertz CT molecular complexity index is 298. The minimum absolute atomic E-state index is 0.144. The highest BCUT2D eigenvalue weighted by Crippen LogP contribution is 2.12. The van der Waals surface area contributed by atoms with E-state index in [9.17, 15) is 22.8 Å². The largest absolute Gasteiger partial charge is 0.670 e. The molecule has 0 radical (unpaired) electrons. The first-order valence-corrected chi connectivity index (χ1v) is 5.67. The predicted octanol–water partition coefficient (Wildman–Crippen LogP) is 1.70. The van der Waals surface area contributed by atoms with Crippen LogP contribution in [0.1, 0.15) is 13.3 Å². The number of aliphatic carboxylic acids is 1. The molecular weight excluding hydrogens is 281 g/mol. The van der Waals surface area contributed by atoms with Gasteiger partial charge in [-0.1, -0.05) is 6.54 Å². The molecule has 0 fully saturated rings. The summed E-state index contributed by atoms with van der Waals surface area (Å²) in [6.07, 6.45) is -4.99. The molecule has 1 unspecified atom stereocenters. The molecule has 0 amide bonds. The third-order valence-electron chi connectivity index (χ3n) is 1.69. The summed E-state index contributed by atoms with van der Waals surface area (Å²) in [6, 6.07) is 0. The van der Waals surface area contributed by atoms with E-state index in [4.69, 9.17) is 15.6 Å². The molecule has 0 aliphatic rings. The fourth-order valence-corrected chi connectivity index (χ4v) is 1.18. The van der Waals surface area contributed by atoms with Crippen LogP contribution in [-0.2, 0) is 14.3 Å². The molecule has 20 heavy (non-hydrogen) atoms. The maximum Gasteiger partial charge on any atom is 0.370 e. The van der Waals surface area contributed by atoms with E-state index in [2.05, 4.69) is 0 Å². The summed E-state index contributed by atoms with van der Waals surface area (Å²) in [7, 11) is 5.75. The van der Waals surface area contributed by atoms with Crippen molar-refractivity contribution in [2.45, 2.75) is 25.6 Å². The molecule has 9 heteroatoms. The van der Waals surface area contributed by atoms with Crippen LogP contribution in [0.2, 0.25) is 0 Å². The van der Waals surface area contributed by atoms with Crippen molar-refractivity contribution in [1.29, 1.82) is 0 Å². The number of ether oxygens (including phenoxy) is 1. The van der Waals surface area contributed by atoms with Crippen LogP contribution in [0.5, 0.6) is 0 Å². The summed E-state index contributed by atoms with van der Waals surface area (Å²) in [5.41, 5.74) is 5.73. The second-order valence-electron chi connectivity index (χ2n) is 5.09. The van der Waals surface area contributed by atoms with Gasteiger partial charge in [-0.3, -0.25) is 9.59 Å². The number of nitrogens with one attached hydrogen (secondary N) is 1. The lowest BCUT2D eigenvalue weighted by Crippen LogP contribution is -2.43. The van der Waals surface area contributed by atoms with Crippen molar-refractivity contribution in [3.05, 3.63) is 5.73 Å². The molecule has 0 saturated heterocycles. The van der Waals surface area contributed by atoms with E-state index in [-0.39, 0.29) is 6.42 Å². The van der Waals surface area contributed by atoms with E-state index < -0.39 is 30.8 Å². The number of carbonyl (C=O) groups excluding carboxylic acids is 1. The van der Waals surface area contributed by atoms with Gasteiger partial charge in [0.15, 0.2) is 6.10 Å². The van der Waals surface area contributed by atoms with E-state index in [1.807, 2.05) is 21.1 Å². The zero-order valence-corrected chi connectivity index (χ0v) is 12.0.